The van der Waals surface area contributed by atoms with Gasteiger partial charge in [0.25, 0.3) is 0 Å². The molecule has 2 heteroatoms. The Morgan fingerprint density at radius 2 is 1.12 bits per heavy atom. The summed E-state index contributed by atoms with van der Waals surface area (Å²) in [6.07, 6.45) is 29.5. The van der Waals surface area contributed by atoms with E-state index in [1.807, 2.05) is 12.4 Å². The van der Waals surface area contributed by atoms with E-state index in [0.717, 1.165) is 12.6 Å². The summed E-state index contributed by atoms with van der Waals surface area (Å²) in [5, 5.41) is 0. The second kappa shape index (κ2) is 18.8. The van der Waals surface area contributed by atoms with Crippen molar-refractivity contribution in [2.24, 2.45) is 21.8 Å². The third-order valence-corrected chi connectivity index (χ3v) is 7.25. The molecule has 1 aromatic carbocycles. The van der Waals surface area contributed by atoms with Gasteiger partial charge in [-0.2, -0.15) is 0 Å². The summed E-state index contributed by atoms with van der Waals surface area (Å²) in [5.74, 6) is 1.14. The Morgan fingerprint density at radius 3 is 1.64 bits per heavy atom. The van der Waals surface area contributed by atoms with Crippen LogP contribution in [0.25, 0.3) is 0 Å². The van der Waals surface area contributed by atoms with Crippen molar-refractivity contribution in [3.63, 3.8) is 0 Å². The van der Waals surface area contributed by atoms with E-state index in [1.54, 1.807) is 0 Å². The highest BCUT2D eigenvalue weighted by Gasteiger charge is 2.34. The Kier molecular flexibility index (Phi) is 15.8. The van der Waals surface area contributed by atoms with Gasteiger partial charge in [0.05, 0.1) is 5.92 Å². The van der Waals surface area contributed by atoms with E-state index in [0.29, 0.717) is 11.8 Å². The minimum absolute atomic E-state index is 0.498. The fourth-order valence-corrected chi connectivity index (χ4v) is 5.31. The van der Waals surface area contributed by atoms with E-state index in [9.17, 15) is 0 Å². The molecule has 0 radical (unpaired) electrons. The maximum Gasteiger partial charge on any atom is 0.244 e. The molecule has 1 aliphatic heterocycles. The molecule has 0 aliphatic carbocycles. The summed E-state index contributed by atoms with van der Waals surface area (Å²) in [4.78, 5) is 9.27. The zero-order valence-electron chi connectivity index (χ0n) is 21.8. The summed E-state index contributed by atoms with van der Waals surface area (Å²) < 4.78 is 0. The average molecular weight is 452 g/mol. The van der Waals surface area contributed by atoms with Crippen LogP contribution in [0.4, 0.5) is 0 Å². The third-order valence-electron chi connectivity index (χ3n) is 7.25. The van der Waals surface area contributed by atoms with Crippen LogP contribution >= 0.6 is 0 Å². The molecule has 0 N–H and O–H groups in total. The molecule has 1 aromatic rings. The number of hydrogen-bond acceptors (Lipinski definition) is 2. The molecule has 0 saturated carbocycles. The van der Waals surface area contributed by atoms with Crippen molar-refractivity contribution in [3.05, 3.63) is 42.1 Å². The van der Waals surface area contributed by atoms with Crippen molar-refractivity contribution in [1.82, 2.24) is 0 Å². The summed E-state index contributed by atoms with van der Waals surface area (Å²) in [5.41, 5.74) is 1.45. The maximum absolute atomic E-state index is 4.63. The van der Waals surface area contributed by atoms with Crippen molar-refractivity contribution in [2.45, 2.75) is 129 Å². The van der Waals surface area contributed by atoms with Gasteiger partial charge in [-0.15, -0.1) is 0 Å². The number of benzene rings is 1. The van der Waals surface area contributed by atoms with Crippen LogP contribution in [0, 0.1) is 18.0 Å². The van der Waals surface area contributed by atoms with Crippen molar-refractivity contribution < 1.29 is 0 Å². The van der Waals surface area contributed by atoms with E-state index in [4.69, 9.17) is 0 Å². The predicted octanol–water partition coefficient (Wildman–Crippen LogP) is 9.78. The number of unbranched alkanes of at least 4 members (excludes halogenated alkanes) is 13. The van der Waals surface area contributed by atoms with Crippen LogP contribution in [-0.4, -0.2) is 12.4 Å². The van der Waals surface area contributed by atoms with Gasteiger partial charge >= 0.3 is 0 Å². The zero-order valence-corrected chi connectivity index (χ0v) is 21.8. The molecule has 0 saturated heterocycles. The number of rotatable bonds is 21. The summed E-state index contributed by atoms with van der Waals surface area (Å²) in [7, 11) is 0. The summed E-state index contributed by atoms with van der Waals surface area (Å²) >= 11 is 0. The molecule has 0 spiro atoms. The van der Waals surface area contributed by atoms with Crippen LogP contribution < -0.4 is 0 Å². The average Bonchev–Trinajstić information content (AvgIpc) is 3.37. The summed E-state index contributed by atoms with van der Waals surface area (Å²) in [6, 6.07) is 11.0. The molecular weight excluding hydrogens is 400 g/mol. The Hall–Kier alpha value is -1.57. The van der Waals surface area contributed by atoms with Gasteiger partial charge in [0, 0.05) is 0 Å². The molecule has 2 rings (SSSR count). The lowest BCUT2D eigenvalue weighted by Gasteiger charge is -2.25. The Labute approximate surface area is 205 Å². The molecule has 0 bridgehead atoms. The van der Waals surface area contributed by atoms with Gasteiger partial charge in [-0.25, -0.2) is 0 Å². The first-order valence-corrected chi connectivity index (χ1v) is 14.3. The van der Waals surface area contributed by atoms with Crippen molar-refractivity contribution in [1.29, 1.82) is 0 Å². The number of hydrogen-bond donors (Lipinski definition) is 0. The minimum atomic E-state index is 0.498. The predicted molar refractivity (Wildman–Crippen MR) is 147 cm³/mol. The molecule has 0 aromatic heterocycles. The van der Waals surface area contributed by atoms with Crippen LogP contribution in [0.1, 0.15) is 129 Å². The second-order valence-corrected chi connectivity index (χ2v) is 10.1. The summed E-state index contributed by atoms with van der Waals surface area (Å²) in [6.45, 7) is 4.61. The molecule has 33 heavy (non-hydrogen) atoms. The Morgan fingerprint density at radius 1 is 0.606 bits per heavy atom. The van der Waals surface area contributed by atoms with Gasteiger partial charge in [0.2, 0.25) is 6.17 Å². The molecule has 0 amide bonds. The highest BCUT2D eigenvalue weighted by molar-refractivity contribution is 6.18. The standard InChI is InChI=1S/C31H51N2/c1-3-5-6-7-8-9-10-11-12-13-14-15-16-20-24-30(31-32-25-26-33-31)29(21-4-2)27-28-22-18-17-19-23-28/h17-19,22-23,25-26,29-30H,3-16,20-21,24,27H2,1-2H3/q+1. The van der Waals surface area contributed by atoms with Gasteiger partial charge in [0.1, 0.15) is 0 Å². The third kappa shape index (κ3) is 12.5. The Bertz CT molecular complexity index is 609. The minimum Gasteiger partial charge on any atom is -0.0965 e. The maximum atomic E-state index is 4.63. The molecule has 0 fully saturated rings. The van der Waals surface area contributed by atoms with Gasteiger partial charge in [0.15, 0.2) is 12.4 Å². The largest absolute Gasteiger partial charge is 0.244 e. The zero-order chi connectivity index (χ0) is 23.4. The molecule has 2 unspecified atom stereocenters. The van der Waals surface area contributed by atoms with Crippen molar-refractivity contribution in [3.8, 4) is 0 Å². The first-order valence-electron chi connectivity index (χ1n) is 14.3. The van der Waals surface area contributed by atoms with Gasteiger partial charge < -0.3 is 0 Å². The molecule has 1 aliphatic rings. The molecule has 184 valence electrons. The Balaban J connectivity index is 1.61. The van der Waals surface area contributed by atoms with Crippen LogP contribution in [0.3, 0.4) is 0 Å². The first-order chi connectivity index (χ1) is 16.3. The topological polar surface area (TPSA) is 24.7 Å². The smallest absolute Gasteiger partial charge is 0.0965 e. The van der Waals surface area contributed by atoms with E-state index in [2.05, 4.69) is 54.2 Å². The van der Waals surface area contributed by atoms with Gasteiger partial charge in [-0.1, -0.05) is 150 Å². The first kappa shape index (κ1) is 27.7. The van der Waals surface area contributed by atoms with Crippen LogP contribution in [0.15, 0.2) is 40.3 Å². The number of nitrogens with zero attached hydrogens (tertiary/aromatic N) is 2. The molecule has 1 heterocycles. The molecular formula is C31H51N2+. The lowest BCUT2D eigenvalue weighted by atomic mass is 9.79. The highest BCUT2D eigenvalue weighted by Crippen LogP contribution is 2.36. The highest BCUT2D eigenvalue weighted by atomic mass is 15.0. The lowest BCUT2D eigenvalue weighted by molar-refractivity contribution is 0.290. The van der Waals surface area contributed by atoms with E-state index < -0.39 is 0 Å². The van der Waals surface area contributed by atoms with Crippen LogP contribution in [0.2, 0.25) is 0 Å². The monoisotopic (exact) mass is 451 g/mol. The fraction of sp³-hybridized carbons (Fsp3) is 0.710. The normalized spacial score (nSPS) is 14.8. The van der Waals surface area contributed by atoms with Gasteiger partial charge in [-0.3, -0.25) is 0 Å². The number of aliphatic imine (C=N–C) groups is 2. The molecule has 2 atom stereocenters. The van der Waals surface area contributed by atoms with E-state index in [1.165, 1.54) is 115 Å². The lowest BCUT2D eigenvalue weighted by Crippen LogP contribution is -2.22. The second-order valence-electron chi connectivity index (χ2n) is 10.1. The fourth-order valence-electron chi connectivity index (χ4n) is 5.31. The molecule has 2 nitrogen and oxygen atoms in total. The van der Waals surface area contributed by atoms with Crippen molar-refractivity contribution in [2.75, 3.05) is 0 Å². The van der Waals surface area contributed by atoms with Crippen LogP contribution in [-0.2, 0) is 6.42 Å². The van der Waals surface area contributed by atoms with Crippen molar-refractivity contribution >= 4 is 12.4 Å². The SMILES string of the molecule is CCCCCCCCCCCCCCCCC([C+]1N=CC=N1)C(CCC)Cc1ccccc1. The van der Waals surface area contributed by atoms with E-state index in [-0.39, 0.29) is 0 Å². The van der Waals surface area contributed by atoms with E-state index >= 15 is 0 Å². The van der Waals surface area contributed by atoms with Crippen LogP contribution in [0.5, 0.6) is 0 Å². The van der Waals surface area contributed by atoms with Gasteiger partial charge in [-0.05, 0) is 30.7 Å². The quantitative estimate of drug-likeness (QED) is 0.131.